The van der Waals surface area contributed by atoms with Gasteiger partial charge in [0.2, 0.25) is 0 Å². The van der Waals surface area contributed by atoms with Crippen LogP contribution in [0.5, 0.6) is 0 Å². The molecule has 2 nitrogen and oxygen atoms in total. The molecule has 0 unspecified atom stereocenters. The van der Waals surface area contributed by atoms with Gasteiger partial charge in [0, 0.05) is 18.6 Å². The Hall–Kier alpha value is -0.580. The largest absolute Gasteiger partial charge is 0.366 e. The van der Waals surface area contributed by atoms with E-state index in [1.54, 1.807) is 12.4 Å². The summed E-state index contributed by atoms with van der Waals surface area (Å²) in [6.45, 7) is 0. The van der Waals surface area contributed by atoms with Crippen molar-refractivity contribution in [3.8, 4) is 0 Å². The molecule has 0 aliphatic heterocycles. The first-order chi connectivity index (χ1) is 4.89. The standard InChI is InChI=1S/C7H7IN2/c8-7-3-1-2-4-9-5-6-10-7/h1-6,9H. The molecule has 0 aliphatic rings. The van der Waals surface area contributed by atoms with E-state index in [9.17, 15) is 0 Å². The molecular formula is C7H7IN2. The van der Waals surface area contributed by atoms with Gasteiger partial charge < -0.3 is 4.98 Å². The maximum Gasteiger partial charge on any atom is 0.101 e. The summed E-state index contributed by atoms with van der Waals surface area (Å²) >= 11 is 2.17. The van der Waals surface area contributed by atoms with E-state index in [-0.39, 0.29) is 0 Å². The number of halogens is 1. The van der Waals surface area contributed by atoms with Gasteiger partial charge in [0.15, 0.2) is 0 Å². The summed E-state index contributed by atoms with van der Waals surface area (Å²) in [5, 5.41) is 0. The first-order valence-electron chi connectivity index (χ1n) is 2.87. The predicted molar refractivity (Wildman–Crippen MR) is 48.9 cm³/mol. The van der Waals surface area contributed by atoms with Gasteiger partial charge in [-0.25, -0.2) is 4.98 Å². The summed E-state index contributed by atoms with van der Waals surface area (Å²) in [5.41, 5.74) is 0. The Labute approximate surface area is 73.2 Å². The number of rotatable bonds is 0. The first kappa shape index (κ1) is 7.53. The second-order valence-corrected chi connectivity index (χ2v) is 2.76. The Morgan fingerprint density at radius 1 is 1.30 bits per heavy atom. The predicted octanol–water partition coefficient (Wildman–Crippen LogP) is 2.14. The van der Waals surface area contributed by atoms with E-state index in [4.69, 9.17) is 0 Å². The zero-order valence-corrected chi connectivity index (χ0v) is 7.45. The third-order valence-electron chi connectivity index (χ3n) is 0.906. The van der Waals surface area contributed by atoms with Gasteiger partial charge in [0.25, 0.3) is 0 Å². The van der Waals surface area contributed by atoms with Crippen LogP contribution in [-0.4, -0.2) is 9.97 Å². The van der Waals surface area contributed by atoms with Crippen LogP contribution in [0, 0.1) is 3.70 Å². The average molecular weight is 246 g/mol. The molecule has 1 heterocycles. The molecule has 52 valence electrons. The number of hydrogen-bond donors (Lipinski definition) is 1. The van der Waals surface area contributed by atoms with Crippen LogP contribution in [0.1, 0.15) is 0 Å². The van der Waals surface area contributed by atoms with Crippen molar-refractivity contribution in [2.45, 2.75) is 0 Å². The Bertz CT molecular complexity index is 219. The van der Waals surface area contributed by atoms with Gasteiger partial charge in [-0.3, -0.25) is 0 Å². The highest BCUT2D eigenvalue weighted by atomic mass is 127. The topological polar surface area (TPSA) is 28.7 Å². The first-order valence-corrected chi connectivity index (χ1v) is 3.95. The van der Waals surface area contributed by atoms with Crippen LogP contribution < -0.4 is 0 Å². The van der Waals surface area contributed by atoms with Crippen molar-refractivity contribution in [1.82, 2.24) is 9.97 Å². The fourth-order valence-electron chi connectivity index (χ4n) is 0.496. The molecule has 0 bridgehead atoms. The zero-order chi connectivity index (χ0) is 7.23. The molecule has 0 aliphatic carbocycles. The number of aromatic amines is 1. The molecule has 0 saturated carbocycles. The third-order valence-corrected chi connectivity index (χ3v) is 1.54. The molecule has 1 N–H and O–H groups in total. The highest BCUT2D eigenvalue weighted by Crippen LogP contribution is 1.92. The zero-order valence-electron chi connectivity index (χ0n) is 5.29. The van der Waals surface area contributed by atoms with E-state index in [1.807, 2.05) is 24.4 Å². The summed E-state index contributed by atoms with van der Waals surface area (Å²) in [6, 6.07) is 5.80. The van der Waals surface area contributed by atoms with Gasteiger partial charge in [0.05, 0.1) is 0 Å². The Balaban J connectivity index is 3.13. The van der Waals surface area contributed by atoms with E-state index < -0.39 is 0 Å². The van der Waals surface area contributed by atoms with Crippen LogP contribution in [0.3, 0.4) is 0 Å². The molecule has 0 aromatic carbocycles. The SMILES string of the molecule is Ic1cccc[nH]ccn1. The molecule has 3 heteroatoms. The Morgan fingerprint density at radius 3 is 3.10 bits per heavy atom. The maximum atomic E-state index is 4.08. The number of nitrogens with one attached hydrogen (secondary N) is 1. The van der Waals surface area contributed by atoms with Crippen LogP contribution in [0.25, 0.3) is 0 Å². The lowest BCUT2D eigenvalue weighted by Gasteiger charge is -1.74. The smallest absolute Gasteiger partial charge is 0.101 e. The van der Waals surface area contributed by atoms with Gasteiger partial charge in [-0.15, -0.1) is 0 Å². The summed E-state index contributed by atoms with van der Waals surface area (Å²) in [4.78, 5) is 7.00. The average Bonchev–Trinajstić information content (AvgIpc) is 2.02. The number of aromatic nitrogens is 2. The van der Waals surface area contributed by atoms with E-state index in [0.29, 0.717) is 0 Å². The molecule has 10 heavy (non-hydrogen) atoms. The van der Waals surface area contributed by atoms with E-state index >= 15 is 0 Å². The fourth-order valence-corrected chi connectivity index (χ4v) is 0.865. The summed E-state index contributed by atoms with van der Waals surface area (Å²) < 4.78 is 0.974. The number of H-pyrrole nitrogens is 1. The van der Waals surface area contributed by atoms with Crippen molar-refractivity contribution in [1.29, 1.82) is 0 Å². The molecule has 0 fully saturated rings. The van der Waals surface area contributed by atoms with Gasteiger partial charge in [0.1, 0.15) is 3.70 Å². The molecule has 1 aromatic rings. The van der Waals surface area contributed by atoms with Crippen molar-refractivity contribution in [3.05, 3.63) is 40.5 Å². The van der Waals surface area contributed by atoms with Crippen molar-refractivity contribution < 1.29 is 0 Å². The van der Waals surface area contributed by atoms with Crippen LogP contribution in [0.4, 0.5) is 0 Å². The summed E-state index contributed by atoms with van der Waals surface area (Å²) in [7, 11) is 0. The Kier molecular flexibility index (Phi) is 3.21. The van der Waals surface area contributed by atoms with Gasteiger partial charge in [-0.2, -0.15) is 0 Å². The van der Waals surface area contributed by atoms with Crippen LogP contribution >= 0.6 is 22.6 Å². The maximum absolute atomic E-state index is 4.08. The minimum Gasteiger partial charge on any atom is -0.366 e. The van der Waals surface area contributed by atoms with Gasteiger partial charge in [-0.1, -0.05) is 6.07 Å². The lowest BCUT2D eigenvalue weighted by Crippen LogP contribution is -1.67. The minimum absolute atomic E-state index is 0.974. The monoisotopic (exact) mass is 246 g/mol. The number of nitrogens with zero attached hydrogens (tertiary/aromatic N) is 1. The molecule has 0 amide bonds. The molecule has 1 aromatic heterocycles. The van der Waals surface area contributed by atoms with Gasteiger partial charge in [-0.05, 0) is 34.7 Å². The van der Waals surface area contributed by atoms with Crippen molar-refractivity contribution in [2.75, 3.05) is 0 Å². The van der Waals surface area contributed by atoms with Crippen LogP contribution in [-0.2, 0) is 0 Å². The summed E-state index contributed by atoms with van der Waals surface area (Å²) in [5.74, 6) is 0. The van der Waals surface area contributed by atoms with E-state index in [0.717, 1.165) is 3.70 Å². The second-order valence-electron chi connectivity index (χ2n) is 1.65. The quantitative estimate of drug-likeness (QED) is 0.698. The minimum atomic E-state index is 0.974. The third kappa shape index (κ3) is 2.82. The normalized spacial score (nSPS) is 8.50. The van der Waals surface area contributed by atoms with Crippen LogP contribution in [0.15, 0.2) is 36.8 Å². The molecular weight excluding hydrogens is 239 g/mol. The second kappa shape index (κ2) is 4.27. The molecule has 0 radical (unpaired) electrons. The highest BCUT2D eigenvalue weighted by molar-refractivity contribution is 14.1. The molecule has 0 atom stereocenters. The highest BCUT2D eigenvalue weighted by Gasteiger charge is 1.73. The fraction of sp³-hybridized carbons (Fsp3) is 0. The van der Waals surface area contributed by atoms with E-state index in [1.165, 1.54) is 0 Å². The molecule has 1 rings (SSSR count). The van der Waals surface area contributed by atoms with Crippen molar-refractivity contribution in [2.24, 2.45) is 0 Å². The lowest BCUT2D eigenvalue weighted by molar-refractivity contribution is 1.26. The Morgan fingerprint density at radius 2 is 2.20 bits per heavy atom. The van der Waals surface area contributed by atoms with E-state index in [2.05, 4.69) is 32.6 Å². The van der Waals surface area contributed by atoms with Crippen molar-refractivity contribution in [3.63, 3.8) is 0 Å². The number of hydrogen-bond acceptors (Lipinski definition) is 1. The van der Waals surface area contributed by atoms with Gasteiger partial charge >= 0.3 is 0 Å². The molecule has 0 saturated heterocycles. The lowest BCUT2D eigenvalue weighted by atomic mass is 10.6. The van der Waals surface area contributed by atoms with Crippen molar-refractivity contribution >= 4 is 22.6 Å². The van der Waals surface area contributed by atoms with Crippen LogP contribution in [0.2, 0.25) is 0 Å². The molecule has 0 spiro atoms. The summed E-state index contributed by atoms with van der Waals surface area (Å²) in [6.07, 6.45) is 5.35.